The zero-order chi connectivity index (χ0) is 19.5. The molecule has 7 heteroatoms. The predicted molar refractivity (Wildman–Crippen MR) is 114 cm³/mol. The molecule has 0 amide bonds. The van der Waals surface area contributed by atoms with Crippen LogP contribution < -0.4 is 5.32 Å². The summed E-state index contributed by atoms with van der Waals surface area (Å²) < 4.78 is 7.73. The van der Waals surface area contributed by atoms with Gasteiger partial charge in [0.1, 0.15) is 0 Å². The van der Waals surface area contributed by atoms with Crippen LogP contribution in [0.1, 0.15) is 35.6 Å². The van der Waals surface area contributed by atoms with E-state index in [1.165, 1.54) is 11.4 Å². The molecule has 0 unspecified atom stereocenters. The lowest BCUT2D eigenvalue weighted by atomic mass is 10.0. The average molecular weight is 400 g/mol. The third-order valence-electron chi connectivity index (χ3n) is 5.89. The summed E-state index contributed by atoms with van der Waals surface area (Å²) in [7, 11) is 2.13. The molecule has 0 aromatic carbocycles. The van der Waals surface area contributed by atoms with Crippen LogP contribution in [0.2, 0.25) is 0 Å². The first-order chi connectivity index (χ1) is 13.6. The normalized spacial score (nSPS) is 23.2. The molecule has 2 saturated heterocycles. The van der Waals surface area contributed by atoms with Crippen molar-refractivity contribution < 1.29 is 4.74 Å². The van der Waals surface area contributed by atoms with Gasteiger partial charge in [-0.1, -0.05) is 6.07 Å². The number of aryl methyl sites for hydroxylation is 1. The molecule has 0 saturated carbocycles. The Morgan fingerprint density at radius 1 is 1.18 bits per heavy atom. The number of hydrogen-bond donors (Lipinski definition) is 1. The van der Waals surface area contributed by atoms with Gasteiger partial charge in [-0.15, -0.1) is 0 Å². The van der Waals surface area contributed by atoms with Crippen molar-refractivity contribution in [3.05, 3.63) is 53.6 Å². The van der Waals surface area contributed by atoms with Gasteiger partial charge in [0.15, 0.2) is 5.11 Å². The van der Waals surface area contributed by atoms with Gasteiger partial charge >= 0.3 is 0 Å². The highest BCUT2D eigenvalue weighted by Crippen LogP contribution is 2.38. The van der Waals surface area contributed by atoms with Gasteiger partial charge in [-0.2, -0.15) is 0 Å². The Kier molecular flexibility index (Phi) is 5.94. The Hall–Kier alpha value is -1.96. The second kappa shape index (κ2) is 8.59. The molecule has 4 heterocycles. The van der Waals surface area contributed by atoms with E-state index >= 15 is 0 Å². The molecule has 0 aliphatic carbocycles. The minimum atomic E-state index is 0.0603. The van der Waals surface area contributed by atoms with E-state index in [9.17, 15) is 0 Å². The van der Waals surface area contributed by atoms with Gasteiger partial charge in [0.25, 0.3) is 0 Å². The summed E-state index contributed by atoms with van der Waals surface area (Å²) in [6.07, 6.45) is 2.94. The van der Waals surface area contributed by atoms with E-state index < -0.39 is 0 Å². The summed E-state index contributed by atoms with van der Waals surface area (Å²) in [4.78, 5) is 9.45. The first-order valence-electron chi connectivity index (χ1n) is 10.1. The molecule has 6 nitrogen and oxygen atoms in total. The molecule has 0 bridgehead atoms. The van der Waals surface area contributed by atoms with Gasteiger partial charge < -0.3 is 19.5 Å². The van der Waals surface area contributed by atoms with Crippen molar-refractivity contribution in [3.8, 4) is 0 Å². The first kappa shape index (κ1) is 19.4. The van der Waals surface area contributed by atoms with Crippen molar-refractivity contribution in [2.24, 2.45) is 7.05 Å². The summed E-state index contributed by atoms with van der Waals surface area (Å²) in [5.41, 5.74) is 3.55. The summed E-state index contributed by atoms with van der Waals surface area (Å²) in [5, 5.41) is 4.36. The third-order valence-corrected chi connectivity index (χ3v) is 6.24. The SMILES string of the molecule is Cc1ccc([C@H]2[C@@H](c3ccccn3)NC(=S)N2CCCN2CCOCC2)n1C. The highest BCUT2D eigenvalue weighted by molar-refractivity contribution is 7.80. The average Bonchev–Trinajstić information content (AvgIpc) is 3.23. The van der Waals surface area contributed by atoms with Crippen LogP contribution in [0.25, 0.3) is 0 Å². The van der Waals surface area contributed by atoms with Crippen molar-refractivity contribution in [1.29, 1.82) is 0 Å². The quantitative estimate of drug-likeness (QED) is 0.753. The molecule has 2 atom stereocenters. The lowest BCUT2D eigenvalue weighted by molar-refractivity contribution is 0.0365. The summed E-state index contributed by atoms with van der Waals surface area (Å²) >= 11 is 5.76. The predicted octanol–water partition coefficient (Wildman–Crippen LogP) is 2.42. The second-order valence-corrected chi connectivity index (χ2v) is 7.97. The number of rotatable bonds is 6. The molecule has 4 rings (SSSR count). The number of nitrogens with zero attached hydrogens (tertiary/aromatic N) is 4. The lowest BCUT2D eigenvalue weighted by Crippen LogP contribution is -2.39. The standard InChI is InChI=1S/C21H29N5OS/c1-16-7-8-18(24(16)2)20-19(17-6-3-4-9-22-17)23-21(28)26(20)11-5-10-25-12-14-27-15-13-25/h3-4,6-9,19-20H,5,10-15H2,1-2H3,(H,23,28)/t19-,20+/m1/s1. The molecule has 150 valence electrons. The van der Waals surface area contributed by atoms with Crippen LogP contribution in [-0.2, 0) is 11.8 Å². The van der Waals surface area contributed by atoms with Gasteiger partial charge in [-0.05, 0) is 49.8 Å². The van der Waals surface area contributed by atoms with Crippen molar-refractivity contribution in [3.63, 3.8) is 0 Å². The number of hydrogen-bond acceptors (Lipinski definition) is 4. The van der Waals surface area contributed by atoms with Crippen LogP contribution in [0.15, 0.2) is 36.5 Å². The lowest BCUT2D eigenvalue weighted by Gasteiger charge is -2.30. The van der Waals surface area contributed by atoms with Crippen molar-refractivity contribution >= 4 is 17.3 Å². The molecule has 0 spiro atoms. The first-order valence-corrected chi connectivity index (χ1v) is 10.5. The number of thiocarbonyl (C=S) groups is 1. The van der Waals surface area contributed by atoms with Gasteiger partial charge in [-0.3, -0.25) is 9.88 Å². The van der Waals surface area contributed by atoms with E-state index in [0.717, 1.165) is 56.6 Å². The Morgan fingerprint density at radius 2 is 2.00 bits per heavy atom. The molecule has 1 N–H and O–H groups in total. The number of morpholine rings is 1. The number of nitrogens with one attached hydrogen (secondary N) is 1. The van der Waals surface area contributed by atoms with Gasteiger partial charge in [-0.25, -0.2) is 0 Å². The number of pyridine rings is 1. The summed E-state index contributed by atoms with van der Waals surface area (Å²) in [5.74, 6) is 0. The molecular weight excluding hydrogens is 370 g/mol. The van der Waals surface area contributed by atoms with Crippen molar-refractivity contribution in [1.82, 2.24) is 24.7 Å². The largest absolute Gasteiger partial charge is 0.379 e. The fraction of sp³-hybridized carbons (Fsp3) is 0.524. The fourth-order valence-corrected chi connectivity index (χ4v) is 4.52. The van der Waals surface area contributed by atoms with Gasteiger partial charge in [0, 0.05) is 50.8 Å². The topological polar surface area (TPSA) is 45.6 Å². The third kappa shape index (κ3) is 3.92. The van der Waals surface area contributed by atoms with Crippen LogP contribution >= 0.6 is 12.2 Å². The maximum Gasteiger partial charge on any atom is 0.170 e. The van der Waals surface area contributed by atoms with E-state index in [1.54, 1.807) is 0 Å². The van der Waals surface area contributed by atoms with Crippen molar-refractivity contribution in [2.75, 3.05) is 39.4 Å². The van der Waals surface area contributed by atoms with Crippen LogP contribution in [0.5, 0.6) is 0 Å². The van der Waals surface area contributed by atoms with E-state index in [-0.39, 0.29) is 12.1 Å². The minimum absolute atomic E-state index is 0.0603. The monoisotopic (exact) mass is 399 g/mol. The van der Waals surface area contributed by atoms with Gasteiger partial charge in [0.05, 0.1) is 31.0 Å². The smallest absolute Gasteiger partial charge is 0.170 e. The van der Waals surface area contributed by atoms with E-state index in [4.69, 9.17) is 17.0 Å². The summed E-state index contributed by atoms with van der Waals surface area (Å²) in [6.45, 7) is 7.90. The Morgan fingerprint density at radius 3 is 2.68 bits per heavy atom. The molecule has 2 fully saturated rings. The molecule has 2 aliphatic heterocycles. The number of ether oxygens (including phenoxy) is 1. The highest BCUT2D eigenvalue weighted by Gasteiger charge is 2.40. The summed E-state index contributed by atoms with van der Waals surface area (Å²) in [6, 6.07) is 10.7. The highest BCUT2D eigenvalue weighted by atomic mass is 32.1. The molecular formula is C21H29N5OS. The van der Waals surface area contributed by atoms with Gasteiger partial charge in [0.2, 0.25) is 0 Å². The van der Waals surface area contributed by atoms with E-state index in [1.807, 2.05) is 18.3 Å². The molecule has 0 radical (unpaired) electrons. The maximum atomic E-state index is 5.76. The maximum absolute atomic E-state index is 5.76. The van der Waals surface area contributed by atoms with Crippen molar-refractivity contribution in [2.45, 2.75) is 25.4 Å². The van der Waals surface area contributed by atoms with Crippen LogP contribution in [-0.4, -0.2) is 63.9 Å². The Bertz CT molecular complexity index is 802. The van der Waals surface area contributed by atoms with Crippen LogP contribution in [0.4, 0.5) is 0 Å². The van der Waals surface area contributed by atoms with E-state index in [2.05, 4.69) is 56.8 Å². The molecule has 28 heavy (non-hydrogen) atoms. The molecule has 2 aromatic heterocycles. The fourth-order valence-electron chi connectivity index (χ4n) is 4.19. The molecule has 2 aromatic rings. The minimum Gasteiger partial charge on any atom is -0.379 e. The van der Waals surface area contributed by atoms with E-state index in [0.29, 0.717) is 0 Å². The zero-order valence-corrected chi connectivity index (χ0v) is 17.5. The van der Waals surface area contributed by atoms with Crippen LogP contribution in [0, 0.1) is 6.92 Å². The Balaban J connectivity index is 1.54. The molecule has 2 aliphatic rings. The van der Waals surface area contributed by atoms with Crippen LogP contribution in [0.3, 0.4) is 0 Å². The second-order valence-electron chi connectivity index (χ2n) is 7.59. The Labute approximate surface area is 172 Å². The number of aromatic nitrogens is 2. The zero-order valence-electron chi connectivity index (χ0n) is 16.7.